The molecule has 0 spiro atoms. The fourth-order valence-electron chi connectivity index (χ4n) is 1.49. The Morgan fingerprint density at radius 2 is 2.00 bits per heavy atom. The second-order valence-corrected chi connectivity index (χ2v) is 3.80. The van der Waals surface area contributed by atoms with Crippen LogP contribution in [0.4, 0.5) is 0 Å². The lowest BCUT2D eigenvalue weighted by Gasteiger charge is -2.16. The molecule has 0 aliphatic rings. The van der Waals surface area contributed by atoms with Gasteiger partial charge in [0.1, 0.15) is 5.75 Å². The summed E-state index contributed by atoms with van der Waals surface area (Å²) in [5, 5.41) is 18.7. The molecule has 2 N–H and O–H groups in total. The van der Waals surface area contributed by atoms with E-state index in [2.05, 4.69) is 0 Å². The van der Waals surface area contributed by atoms with Gasteiger partial charge in [-0.2, -0.15) is 0 Å². The van der Waals surface area contributed by atoms with Crippen LogP contribution in [0.15, 0.2) is 6.07 Å². The molecule has 0 saturated heterocycles. The van der Waals surface area contributed by atoms with E-state index in [1.54, 1.807) is 0 Å². The van der Waals surface area contributed by atoms with E-state index in [0.29, 0.717) is 0 Å². The Morgan fingerprint density at radius 1 is 1.41 bits per heavy atom. The van der Waals surface area contributed by atoms with Crippen LogP contribution in [-0.4, -0.2) is 30.4 Å². The predicted octanol–water partition coefficient (Wildman–Crippen LogP) is 2.25. The molecule has 1 aromatic carbocycles. The van der Waals surface area contributed by atoms with Gasteiger partial charge in [0.15, 0.2) is 11.5 Å². The number of carboxylic acids is 1. The Balaban J connectivity index is 3.47. The molecule has 1 aromatic rings. The van der Waals surface area contributed by atoms with Crippen LogP contribution in [0.25, 0.3) is 0 Å². The van der Waals surface area contributed by atoms with E-state index in [4.69, 9.17) is 26.2 Å². The van der Waals surface area contributed by atoms with E-state index in [0.717, 1.165) is 0 Å². The maximum Gasteiger partial charge on any atom is 0.310 e. The van der Waals surface area contributed by atoms with Crippen LogP contribution in [0.5, 0.6) is 17.2 Å². The number of benzene rings is 1. The highest BCUT2D eigenvalue weighted by molar-refractivity contribution is 6.33. The van der Waals surface area contributed by atoms with Gasteiger partial charge in [0.2, 0.25) is 0 Å². The number of phenols is 1. The maximum atomic E-state index is 10.9. The van der Waals surface area contributed by atoms with Gasteiger partial charge in [0, 0.05) is 11.6 Å². The molecule has 1 atom stereocenters. The van der Waals surface area contributed by atoms with Gasteiger partial charge in [-0.25, -0.2) is 0 Å². The summed E-state index contributed by atoms with van der Waals surface area (Å²) in [4.78, 5) is 10.9. The van der Waals surface area contributed by atoms with Crippen LogP contribution < -0.4 is 9.47 Å². The summed E-state index contributed by atoms with van der Waals surface area (Å²) in [6.07, 6.45) is 0. The number of hydrogen-bond donors (Lipinski definition) is 2. The molecule has 6 heteroatoms. The second kappa shape index (κ2) is 5.14. The highest BCUT2D eigenvalue weighted by Crippen LogP contribution is 2.45. The van der Waals surface area contributed by atoms with E-state index in [1.165, 1.54) is 27.2 Å². The molecule has 0 bridgehead atoms. The lowest BCUT2D eigenvalue weighted by molar-refractivity contribution is -0.138. The van der Waals surface area contributed by atoms with Crippen molar-refractivity contribution in [3.05, 3.63) is 16.7 Å². The van der Waals surface area contributed by atoms with Crippen LogP contribution in [0.2, 0.25) is 5.02 Å². The summed E-state index contributed by atoms with van der Waals surface area (Å²) in [7, 11) is 2.78. The van der Waals surface area contributed by atoms with Crippen LogP contribution in [0.1, 0.15) is 18.4 Å². The monoisotopic (exact) mass is 260 g/mol. The number of carboxylic acid groups (broad SMARTS) is 1. The number of hydrogen-bond acceptors (Lipinski definition) is 4. The van der Waals surface area contributed by atoms with Crippen molar-refractivity contribution in [3.8, 4) is 17.2 Å². The normalized spacial score (nSPS) is 12.0. The lowest BCUT2D eigenvalue weighted by atomic mass is 9.99. The molecule has 1 rings (SSSR count). The first-order valence-electron chi connectivity index (χ1n) is 4.80. The summed E-state index contributed by atoms with van der Waals surface area (Å²) in [5.74, 6) is -1.81. The number of aliphatic carboxylic acids is 1. The summed E-state index contributed by atoms with van der Waals surface area (Å²) in [6.45, 7) is 1.43. The smallest absolute Gasteiger partial charge is 0.310 e. The van der Waals surface area contributed by atoms with Crippen molar-refractivity contribution in [2.24, 2.45) is 0 Å². The highest BCUT2D eigenvalue weighted by atomic mass is 35.5. The fourth-order valence-corrected chi connectivity index (χ4v) is 1.92. The van der Waals surface area contributed by atoms with E-state index in [-0.39, 0.29) is 27.8 Å². The molecule has 0 radical (unpaired) electrons. The standard InChI is InChI=1S/C11H13ClO5/c1-5(11(14)15)8-6(13)4-7(16-2)10(17-3)9(8)12/h4-5,13H,1-3H3,(H,14,15). The number of halogens is 1. The lowest BCUT2D eigenvalue weighted by Crippen LogP contribution is -2.09. The fraction of sp³-hybridized carbons (Fsp3) is 0.364. The van der Waals surface area contributed by atoms with E-state index in [9.17, 15) is 9.90 Å². The zero-order valence-electron chi connectivity index (χ0n) is 9.65. The SMILES string of the molecule is COc1cc(O)c(C(C)C(=O)O)c(Cl)c1OC. The molecule has 0 saturated carbocycles. The van der Waals surface area contributed by atoms with Crippen LogP contribution in [0.3, 0.4) is 0 Å². The van der Waals surface area contributed by atoms with Crippen LogP contribution in [-0.2, 0) is 4.79 Å². The molecule has 0 aliphatic carbocycles. The second-order valence-electron chi connectivity index (χ2n) is 3.42. The Morgan fingerprint density at radius 3 is 2.41 bits per heavy atom. The zero-order valence-corrected chi connectivity index (χ0v) is 10.4. The number of phenolic OH excluding ortho intramolecular Hbond substituents is 1. The molecule has 0 amide bonds. The summed E-state index contributed by atoms with van der Waals surface area (Å²) in [6, 6.07) is 1.28. The van der Waals surface area contributed by atoms with Gasteiger partial charge < -0.3 is 19.7 Å². The van der Waals surface area contributed by atoms with Gasteiger partial charge in [-0.1, -0.05) is 11.6 Å². The van der Waals surface area contributed by atoms with Crippen molar-refractivity contribution in [2.45, 2.75) is 12.8 Å². The van der Waals surface area contributed by atoms with Crippen LogP contribution in [0, 0.1) is 0 Å². The molecule has 0 aliphatic heterocycles. The summed E-state index contributed by atoms with van der Waals surface area (Å²) in [5.41, 5.74) is 0.108. The quantitative estimate of drug-likeness (QED) is 0.868. The molecule has 94 valence electrons. The molecular formula is C11H13ClO5. The first-order valence-corrected chi connectivity index (χ1v) is 5.18. The Labute approximate surface area is 104 Å². The molecule has 0 aromatic heterocycles. The summed E-state index contributed by atoms with van der Waals surface area (Å²) < 4.78 is 10.0. The predicted molar refractivity (Wildman–Crippen MR) is 62.3 cm³/mol. The molecule has 17 heavy (non-hydrogen) atoms. The van der Waals surface area contributed by atoms with Crippen molar-refractivity contribution in [1.29, 1.82) is 0 Å². The minimum Gasteiger partial charge on any atom is -0.507 e. The van der Waals surface area contributed by atoms with Crippen LogP contribution >= 0.6 is 11.6 Å². The number of aromatic hydroxyl groups is 1. The van der Waals surface area contributed by atoms with Crippen molar-refractivity contribution in [1.82, 2.24) is 0 Å². The Bertz CT molecular complexity index is 444. The third-order valence-electron chi connectivity index (χ3n) is 2.43. The molecule has 5 nitrogen and oxygen atoms in total. The van der Waals surface area contributed by atoms with Gasteiger partial charge in [0.05, 0.1) is 25.2 Å². The van der Waals surface area contributed by atoms with Crippen molar-refractivity contribution >= 4 is 17.6 Å². The minimum atomic E-state index is -1.09. The third kappa shape index (κ3) is 2.39. The van der Waals surface area contributed by atoms with Gasteiger partial charge in [-0.15, -0.1) is 0 Å². The largest absolute Gasteiger partial charge is 0.507 e. The molecule has 0 heterocycles. The van der Waals surface area contributed by atoms with E-state index < -0.39 is 11.9 Å². The van der Waals surface area contributed by atoms with Crippen molar-refractivity contribution < 1.29 is 24.5 Å². The number of carbonyl (C=O) groups is 1. The van der Waals surface area contributed by atoms with Gasteiger partial charge in [-0.3, -0.25) is 4.79 Å². The van der Waals surface area contributed by atoms with Gasteiger partial charge >= 0.3 is 5.97 Å². The minimum absolute atomic E-state index is 0.0410. The van der Waals surface area contributed by atoms with Crippen molar-refractivity contribution in [2.75, 3.05) is 14.2 Å². The van der Waals surface area contributed by atoms with Crippen molar-refractivity contribution in [3.63, 3.8) is 0 Å². The molecule has 0 fully saturated rings. The third-order valence-corrected chi connectivity index (χ3v) is 2.81. The number of methoxy groups -OCH3 is 2. The highest BCUT2D eigenvalue weighted by Gasteiger charge is 2.25. The average Bonchev–Trinajstić information content (AvgIpc) is 2.27. The first-order chi connectivity index (χ1) is 7.93. The van der Waals surface area contributed by atoms with Gasteiger partial charge in [-0.05, 0) is 6.92 Å². The Kier molecular flexibility index (Phi) is 4.07. The average molecular weight is 261 g/mol. The number of ether oxygens (including phenoxy) is 2. The van der Waals surface area contributed by atoms with E-state index in [1.807, 2.05) is 0 Å². The van der Waals surface area contributed by atoms with Gasteiger partial charge in [0.25, 0.3) is 0 Å². The zero-order chi connectivity index (χ0) is 13.2. The summed E-state index contributed by atoms with van der Waals surface area (Å²) >= 11 is 6.01. The maximum absolute atomic E-state index is 10.9. The molecule has 1 unspecified atom stereocenters. The van der Waals surface area contributed by atoms with E-state index >= 15 is 0 Å². The first kappa shape index (κ1) is 13.4. The Hall–Kier alpha value is -1.62. The topological polar surface area (TPSA) is 76.0 Å². The number of rotatable bonds is 4. The molecular weight excluding hydrogens is 248 g/mol.